The summed E-state index contributed by atoms with van der Waals surface area (Å²) in [5.74, 6) is -0.574. The number of carbonyl (C=O) groups excluding carboxylic acids is 2. The quantitative estimate of drug-likeness (QED) is 0.425. The number of benzene rings is 2. The van der Waals surface area contributed by atoms with Gasteiger partial charge < -0.3 is 10.2 Å². The molecule has 0 saturated heterocycles. The molecule has 0 radical (unpaired) electrons. The summed E-state index contributed by atoms with van der Waals surface area (Å²) < 4.78 is 27.1. The number of rotatable bonds is 11. The molecule has 7 nitrogen and oxygen atoms in total. The molecule has 1 saturated carbocycles. The molecule has 196 valence electrons. The first-order chi connectivity index (χ1) is 17.2. The van der Waals surface area contributed by atoms with Crippen molar-refractivity contribution in [1.82, 2.24) is 10.2 Å². The third kappa shape index (κ3) is 7.80. The molecule has 2 aromatic carbocycles. The third-order valence-corrected chi connectivity index (χ3v) is 8.42. The maximum Gasteiger partial charge on any atom is 0.244 e. The minimum Gasteiger partial charge on any atom is -0.352 e. The van der Waals surface area contributed by atoms with Crippen LogP contribution in [0.25, 0.3) is 0 Å². The summed E-state index contributed by atoms with van der Waals surface area (Å²) in [6.45, 7) is 1.81. The summed E-state index contributed by atoms with van der Waals surface area (Å²) in [6, 6.07) is 16.1. The van der Waals surface area contributed by atoms with Crippen molar-refractivity contribution in [2.24, 2.45) is 0 Å². The van der Waals surface area contributed by atoms with E-state index in [9.17, 15) is 18.0 Å². The van der Waals surface area contributed by atoms with Crippen molar-refractivity contribution >= 4 is 43.5 Å². The Morgan fingerprint density at radius 1 is 1.03 bits per heavy atom. The molecule has 1 N–H and O–H groups in total. The van der Waals surface area contributed by atoms with Crippen molar-refractivity contribution in [1.29, 1.82) is 0 Å². The van der Waals surface area contributed by atoms with Crippen LogP contribution in [0.1, 0.15) is 51.0 Å². The third-order valence-electron chi connectivity index (χ3n) is 6.62. The van der Waals surface area contributed by atoms with E-state index < -0.39 is 22.0 Å². The van der Waals surface area contributed by atoms with Gasteiger partial charge in [-0.1, -0.05) is 68.7 Å². The number of nitrogens with zero attached hydrogens (tertiary/aromatic N) is 2. The Labute approximate surface area is 223 Å². The number of para-hydroxylation sites is 1. The highest BCUT2D eigenvalue weighted by molar-refractivity contribution is 9.10. The van der Waals surface area contributed by atoms with Gasteiger partial charge in [-0.25, -0.2) is 8.42 Å². The fourth-order valence-electron chi connectivity index (χ4n) is 4.69. The molecular formula is C27H36BrN3O4S. The van der Waals surface area contributed by atoms with Crippen LogP contribution in [0.5, 0.6) is 0 Å². The van der Waals surface area contributed by atoms with Crippen LogP contribution in [0.3, 0.4) is 0 Å². The SMILES string of the molecule is CC[C@@H](C(=O)NC1CCCCC1)N(CCc1ccccc1)C(=O)CN(c1ccccc1Br)S(C)(=O)=O. The number of hydrogen-bond donors (Lipinski definition) is 1. The van der Waals surface area contributed by atoms with Crippen molar-refractivity contribution in [3.63, 3.8) is 0 Å². The zero-order valence-electron chi connectivity index (χ0n) is 21.0. The van der Waals surface area contributed by atoms with Crippen molar-refractivity contribution in [3.05, 3.63) is 64.6 Å². The Kier molecular flexibility index (Phi) is 10.4. The number of halogens is 1. The van der Waals surface area contributed by atoms with Crippen LogP contribution in [0.2, 0.25) is 0 Å². The van der Waals surface area contributed by atoms with Crippen LogP contribution >= 0.6 is 15.9 Å². The van der Waals surface area contributed by atoms with E-state index >= 15 is 0 Å². The van der Waals surface area contributed by atoms with Gasteiger partial charge in [0.05, 0.1) is 11.9 Å². The van der Waals surface area contributed by atoms with Crippen molar-refractivity contribution in [3.8, 4) is 0 Å². The van der Waals surface area contributed by atoms with Crippen LogP contribution in [-0.2, 0) is 26.0 Å². The van der Waals surface area contributed by atoms with E-state index in [4.69, 9.17) is 0 Å². The van der Waals surface area contributed by atoms with Gasteiger partial charge in [0.2, 0.25) is 21.8 Å². The lowest BCUT2D eigenvalue weighted by atomic mass is 9.95. The van der Waals surface area contributed by atoms with E-state index in [1.54, 1.807) is 29.2 Å². The first-order valence-electron chi connectivity index (χ1n) is 12.6. The van der Waals surface area contributed by atoms with Gasteiger partial charge in [0, 0.05) is 17.1 Å². The second-order valence-corrected chi connectivity index (χ2v) is 12.1. The number of anilines is 1. The molecule has 2 amide bonds. The smallest absolute Gasteiger partial charge is 0.244 e. The molecule has 1 aliphatic rings. The molecular weight excluding hydrogens is 542 g/mol. The molecule has 0 heterocycles. The molecule has 0 unspecified atom stereocenters. The minimum absolute atomic E-state index is 0.124. The van der Waals surface area contributed by atoms with Gasteiger partial charge in [-0.15, -0.1) is 0 Å². The fourth-order valence-corrected chi connectivity index (χ4v) is 6.17. The summed E-state index contributed by atoms with van der Waals surface area (Å²) in [6.07, 6.45) is 7.35. The van der Waals surface area contributed by atoms with Crippen LogP contribution in [0, 0.1) is 0 Å². The minimum atomic E-state index is -3.76. The van der Waals surface area contributed by atoms with Crippen molar-refractivity contribution in [2.45, 2.75) is 64.0 Å². The Morgan fingerprint density at radius 3 is 2.28 bits per heavy atom. The second-order valence-electron chi connectivity index (χ2n) is 9.31. The number of carbonyl (C=O) groups is 2. The topological polar surface area (TPSA) is 86.8 Å². The molecule has 1 fully saturated rings. The predicted octanol–water partition coefficient (Wildman–Crippen LogP) is 4.51. The van der Waals surface area contributed by atoms with E-state index in [2.05, 4.69) is 21.2 Å². The Bertz CT molecular complexity index is 1120. The van der Waals surface area contributed by atoms with Crippen LogP contribution in [-0.4, -0.2) is 56.6 Å². The highest BCUT2D eigenvalue weighted by Gasteiger charge is 2.32. The molecule has 0 aromatic heterocycles. The van der Waals surface area contributed by atoms with Gasteiger partial charge in [0.15, 0.2) is 0 Å². The molecule has 0 bridgehead atoms. The molecule has 1 aliphatic carbocycles. The number of hydrogen-bond acceptors (Lipinski definition) is 4. The Hall–Kier alpha value is -2.39. The molecule has 3 rings (SSSR count). The van der Waals surface area contributed by atoms with Gasteiger partial charge in [-0.05, 0) is 59.3 Å². The van der Waals surface area contributed by atoms with E-state index in [0.717, 1.165) is 41.8 Å². The standard InChI is InChI=1S/C27H36BrN3O4S/c1-3-24(27(33)29-22-14-8-5-9-15-22)30(19-18-21-12-6-4-7-13-21)26(32)20-31(36(2,34)35)25-17-11-10-16-23(25)28/h4,6-7,10-13,16-17,22,24H,3,5,8-9,14-15,18-20H2,1-2H3,(H,29,33)/t24-/m0/s1. The largest absolute Gasteiger partial charge is 0.352 e. The van der Waals surface area contributed by atoms with Gasteiger partial charge in [0.25, 0.3) is 0 Å². The lowest BCUT2D eigenvalue weighted by molar-refractivity contribution is -0.140. The highest BCUT2D eigenvalue weighted by atomic mass is 79.9. The van der Waals surface area contributed by atoms with Gasteiger partial charge in [-0.2, -0.15) is 0 Å². The number of amides is 2. The van der Waals surface area contributed by atoms with E-state index in [1.165, 1.54) is 6.42 Å². The number of nitrogens with one attached hydrogen (secondary N) is 1. The van der Waals surface area contributed by atoms with E-state index in [1.807, 2.05) is 37.3 Å². The summed E-state index contributed by atoms with van der Waals surface area (Å²) in [7, 11) is -3.76. The maximum absolute atomic E-state index is 13.7. The van der Waals surface area contributed by atoms with E-state index in [0.29, 0.717) is 29.5 Å². The first-order valence-corrected chi connectivity index (χ1v) is 15.2. The van der Waals surface area contributed by atoms with Crippen LogP contribution in [0.15, 0.2) is 59.1 Å². The Morgan fingerprint density at radius 2 is 1.67 bits per heavy atom. The molecule has 2 aromatic rings. The zero-order valence-corrected chi connectivity index (χ0v) is 23.4. The van der Waals surface area contributed by atoms with Gasteiger partial charge >= 0.3 is 0 Å². The van der Waals surface area contributed by atoms with E-state index in [-0.39, 0.29) is 18.5 Å². The van der Waals surface area contributed by atoms with Gasteiger partial charge in [-0.3, -0.25) is 13.9 Å². The fraction of sp³-hybridized carbons (Fsp3) is 0.481. The highest BCUT2D eigenvalue weighted by Crippen LogP contribution is 2.28. The van der Waals surface area contributed by atoms with Crippen molar-refractivity contribution < 1.29 is 18.0 Å². The average Bonchev–Trinajstić information content (AvgIpc) is 2.86. The molecule has 36 heavy (non-hydrogen) atoms. The first kappa shape index (κ1) is 28.2. The second kappa shape index (κ2) is 13.2. The van der Waals surface area contributed by atoms with Gasteiger partial charge in [0.1, 0.15) is 12.6 Å². The molecule has 9 heteroatoms. The average molecular weight is 579 g/mol. The summed E-state index contributed by atoms with van der Waals surface area (Å²) in [5, 5.41) is 3.16. The lowest BCUT2D eigenvalue weighted by Gasteiger charge is -2.34. The van der Waals surface area contributed by atoms with Crippen LogP contribution in [0.4, 0.5) is 5.69 Å². The summed E-state index contributed by atoms with van der Waals surface area (Å²) in [4.78, 5) is 28.6. The summed E-state index contributed by atoms with van der Waals surface area (Å²) in [5.41, 5.74) is 1.43. The molecule has 1 atom stereocenters. The monoisotopic (exact) mass is 577 g/mol. The van der Waals surface area contributed by atoms with Crippen LogP contribution < -0.4 is 9.62 Å². The normalized spacial score (nSPS) is 15.2. The lowest BCUT2D eigenvalue weighted by Crippen LogP contribution is -2.54. The number of sulfonamides is 1. The Balaban J connectivity index is 1.86. The molecule has 0 aliphatic heterocycles. The maximum atomic E-state index is 13.7. The predicted molar refractivity (Wildman–Crippen MR) is 147 cm³/mol. The molecule has 0 spiro atoms. The zero-order chi connectivity index (χ0) is 26.1. The summed E-state index contributed by atoms with van der Waals surface area (Å²) >= 11 is 3.40. The van der Waals surface area contributed by atoms with Crippen molar-refractivity contribution in [2.75, 3.05) is 23.7 Å².